The molecule has 1 atom stereocenters. The van der Waals surface area contributed by atoms with E-state index in [1.807, 2.05) is 19.2 Å². The van der Waals surface area contributed by atoms with E-state index in [9.17, 15) is 4.79 Å². The molecule has 1 aromatic rings. The van der Waals surface area contributed by atoms with Crippen LogP contribution in [0.4, 0.5) is 0 Å². The zero-order chi connectivity index (χ0) is 14.4. The summed E-state index contributed by atoms with van der Waals surface area (Å²) in [6.45, 7) is 2.66. The van der Waals surface area contributed by atoms with Gasteiger partial charge in [0.25, 0.3) is 0 Å². The Morgan fingerprint density at radius 3 is 2.90 bits per heavy atom. The minimum Gasteiger partial charge on any atom is -0.330 e. The maximum absolute atomic E-state index is 12.1. The quantitative estimate of drug-likeness (QED) is 0.833. The van der Waals surface area contributed by atoms with Gasteiger partial charge in [-0.25, -0.2) is 0 Å². The summed E-state index contributed by atoms with van der Waals surface area (Å²) in [5.41, 5.74) is 6.41. The molecule has 112 valence electrons. The molecule has 0 aromatic carbocycles. The van der Waals surface area contributed by atoms with Crippen molar-refractivity contribution in [2.24, 2.45) is 11.7 Å². The number of nitrogens with zero attached hydrogens (tertiary/aromatic N) is 2. The summed E-state index contributed by atoms with van der Waals surface area (Å²) in [4.78, 5) is 12.1. The number of Topliss-reactive ketones (excluding diaryl/α,β-unsaturated/α-hetero) is 1. The van der Waals surface area contributed by atoms with Gasteiger partial charge >= 0.3 is 0 Å². The lowest BCUT2D eigenvalue weighted by Gasteiger charge is -2.21. The molecule has 1 saturated carbocycles. The van der Waals surface area contributed by atoms with Crippen molar-refractivity contribution in [1.82, 2.24) is 9.78 Å². The Labute approximate surface area is 121 Å². The lowest BCUT2D eigenvalue weighted by Crippen LogP contribution is -2.17. The Morgan fingerprint density at radius 1 is 1.45 bits per heavy atom. The molecule has 0 radical (unpaired) electrons. The van der Waals surface area contributed by atoms with E-state index in [1.165, 1.54) is 32.1 Å². The number of aromatic nitrogens is 2. The van der Waals surface area contributed by atoms with Crippen molar-refractivity contribution in [1.29, 1.82) is 0 Å². The summed E-state index contributed by atoms with van der Waals surface area (Å²) >= 11 is 0. The number of hydrogen-bond donors (Lipinski definition) is 1. The molecule has 2 rings (SSSR count). The molecule has 2 N–H and O–H groups in total. The monoisotopic (exact) mass is 277 g/mol. The molecule has 1 unspecified atom stereocenters. The molecule has 0 spiro atoms. The predicted octanol–water partition coefficient (Wildman–Crippen LogP) is 2.87. The van der Waals surface area contributed by atoms with Crippen LogP contribution >= 0.6 is 0 Å². The fraction of sp³-hybridized carbons (Fsp3) is 0.750. The summed E-state index contributed by atoms with van der Waals surface area (Å²) in [6, 6.07) is 2.55. The Hall–Kier alpha value is -1.16. The molecule has 4 nitrogen and oxygen atoms in total. The average molecular weight is 277 g/mol. The van der Waals surface area contributed by atoms with Crippen LogP contribution in [-0.4, -0.2) is 22.1 Å². The van der Waals surface area contributed by atoms with Crippen molar-refractivity contribution in [3.05, 3.63) is 18.0 Å². The van der Waals surface area contributed by atoms with E-state index in [2.05, 4.69) is 9.78 Å². The van der Waals surface area contributed by atoms with Gasteiger partial charge in [-0.15, -0.1) is 0 Å². The molecule has 1 aliphatic carbocycles. The molecule has 1 heterocycles. The highest BCUT2D eigenvalue weighted by molar-refractivity contribution is 5.82. The SMILES string of the molecule is CC(CCCN)C(=O)Cc1ccn(C2CCCCC2)n1. The Balaban J connectivity index is 1.87. The molecular formula is C16H27N3O. The van der Waals surface area contributed by atoms with Gasteiger partial charge in [-0.05, 0) is 38.3 Å². The lowest BCUT2D eigenvalue weighted by atomic mass is 9.96. The minimum atomic E-state index is 0.0957. The molecule has 0 amide bonds. The molecule has 0 saturated heterocycles. The Morgan fingerprint density at radius 2 is 2.20 bits per heavy atom. The van der Waals surface area contributed by atoms with E-state index in [0.29, 0.717) is 19.0 Å². The third-order valence-corrected chi connectivity index (χ3v) is 4.36. The second-order valence-electron chi connectivity index (χ2n) is 6.05. The summed E-state index contributed by atoms with van der Waals surface area (Å²) < 4.78 is 2.08. The van der Waals surface area contributed by atoms with Crippen molar-refractivity contribution in [2.75, 3.05) is 6.54 Å². The largest absolute Gasteiger partial charge is 0.330 e. The second-order valence-corrected chi connectivity index (χ2v) is 6.05. The maximum atomic E-state index is 12.1. The summed E-state index contributed by atoms with van der Waals surface area (Å²) in [5.74, 6) is 0.380. The molecule has 1 fully saturated rings. The van der Waals surface area contributed by atoms with Crippen molar-refractivity contribution in [3.63, 3.8) is 0 Å². The maximum Gasteiger partial charge on any atom is 0.141 e. The van der Waals surface area contributed by atoms with Crippen LogP contribution in [0.15, 0.2) is 12.3 Å². The molecule has 1 aromatic heterocycles. The summed E-state index contributed by atoms with van der Waals surface area (Å²) in [7, 11) is 0. The highest BCUT2D eigenvalue weighted by Gasteiger charge is 2.18. The highest BCUT2D eigenvalue weighted by atomic mass is 16.1. The number of ketones is 1. The standard InChI is InChI=1S/C16H27N3O/c1-13(6-5-10-17)16(20)12-14-9-11-19(18-14)15-7-3-2-4-8-15/h9,11,13,15H,2-8,10,12,17H2,1H3. The number of nitrogens with two attached hydrogens (primary N) is 1. The molecule has 1 aliphatic rings. The zero-order valence-electron chi connectivity index (χ0n) is 12.6. The van der Waals surface area contributed by atoms with Gasteiger partial charge in [0.05, 0.1) is 18.2 Å². The van der Waals surface area contributed by atoms with Gasteiger partial charge in [0.15, 0.2) is 0 Å². The van der Waals surface area contributed by atoms with E-state index in [-0.39, 0.29) is 11.7 Å². The zero-order valence-corrected chi connectivity index (χ0v) is 12.6. The van der Waals surface area contributed by atoms with Crippen LogP contribution in [0.25, 0.3) is 0 Å². The van der Waals surface area contributed by atoms with Crippen LogP contribution in [0.5, 0.6) is 0 Å². The van der Waals surface area contributed by atoms with Crippen molar-refractivity contribution in [3.8, 4) is 0 Å². The van der Waals surface area contributed by atoms with E-state index >= 15 is 0 Å². The topological polar surface area (TPSA) is 60.9 Å². The van der Waals surface area contributed by atoms with Crippen LogP contribution in [0.1, 0.15) is 63.6 Å². The third-order valence-electron chi connectivity index (χ3n) is 4.36. The number of hydrogen-bond acceptors (Lipinski definition) is 3. The first-order valence-corrected chi connectivity index (χ1v) is 7.97. The van der Waals surface area contributed by atoms with Crippen LogP contribution in [0.2, 0.25) is 0 Å². The fourth-order valence-electron chi connectivity index (χ4n) is 2.96. The molecule has 20 heavy (non-hydrogen) atoms. The first-order chi connectivity index (χ1) is 9.70. The Kier molecular flexibility index (Phi) is 5.77. The molecule has 0 bridgehead atoms. The van der Waals surface area contributed by atoms with Crippen molar-refractivity contribution >= 4 is 5.78 Å². The number of carbonyl (C=O) groups is 1. The second kappa shape index (κ2) is 7.58. The first kappa shape index (κ1) is 15.2. The number of carbonyl (C=O) groups excluding carboxylic acids is 1. The minimum absolute atomic E-state index is 0.0957. The predicted molar refractivity (Wildman–Crippen MR) is 80.5 cm³/mol. The van der Waals surface area contributed by atoms with Crippen LogP contribution in [0.3, 0.4) is 0 Å². The van der Waals surface area contributed by atoms with Gasteiger partial charge in [-0.3, -0.25) is 9.48 Å². The highest BCUT2D eigenvalue weighted by Crippen LogP contribution is 2.27. The van der Waals surface area contributed by atoms with Crippen molar-refractivity contribution < 1.29 is 4.79 Å². The van der Waals surface area contributed by atoms with Gasteiger partial charge in [0.1, 0.15) is 5.78 Å². The van der Waals surface area contributed by atoms with E-state index < -0.39 is 0 Å². The van der Waals surface area contributed by atoms with Gasteiger partial charge in [0.2, 0.25) is 0 Å². The van der Waals surface area contributed by atoms with Crippen molar-refractivity contribution in [2.45, 2.75) is 64.3 Å². The first-order valence-electron chi connectivity index (χ1n) is 7.97. The Bertz CT molecular complexity index is 421. The van der Waals surface area contributed by atoms with Gasteiger partial charge in [-0.2, -0.15) is 5.10 Å². The molecular weight excluding hydrogens is 250 g/mol. The van der Waals surface area contributed by atoms with Gasteiger partial charge < -0.3 is 5.73 Å². The third kappa shape index (κ3) is 4.17. The number of rotatable bonds is 7. The van der Waals surface area contributed by atoms with Gasteiger partial charge in [-0.1, -0.05) is 26.2 Å². The van der Waals surface area contributed by atoms with Crippen LogP contribution in [0, 0.1) is 5.92 Å². The average Bonchev–Trinajstić information content (AvgIpc) is 2.94. The lowest BCUT2D eigenvalue weighted by molar-refractivity contribution is -0.122. The van der Waals surface area contributed by atoms with Gasteiger partial charge in [0, 0.05) is 12.1 Å². The van der Waals surface area contributed by atoms with E-state index in [4.69, 9.17) is 5.73 Å². The normalized spacial score (nSPS) is 18.1. The van der Waals surface area contributed by atoms with E-state index in [0.717, 1.165) is 18.5 Å². The molecule has 4 heteroatoms. The summed E-state index contributed by atoms with van der Waals surface area (Å²) in [5, 5.41) is 4.61. The smallest absolute Gasteiger partial charge is 0.141 e. The molecule has 0 aliphatic heterocycles. The van der Waals surface area contributed by atoms with E-state index in [1.54, 1.807) is 0 Å². The van der Waals surface area contributed by atoms with Crippen LogP contribution in [-0.2, 0) is 11.2 Å². The fourth-order valence-corrected chi connectivity index (χ4v) is 2.96. The van der Waals surface area contributed by atoms with Crippen LogP contribution < -0.4 is 5.73 Å². The summed E-state index contributed by atoms with van der Waals surface area (Å²) in [6.07, 6.45) is 10.7.